The zero-order chi connectivity index (χ0) is 16.7. The molecule has 1 saturated heterocycles. The Morgan fingerprint density at radius 3 is 2.48 bits per heavy atom. The zero-order valence-corrected chi connectivity index (χ0v) is 14.8. The van der Waals surface area contributed by atoms with Gasteiger partial charge in [-0.3, -0.25) is 0 Å². The molecular weight excluding hydrogens is 292 g/mol. The van der Waals surface area contributed by atoms with E-state index in [0.29, 0.717) is 12.5 Å². The van der Waals surface area contributed by atoms with Gasteiger partial charge in [-0.2, -0.15) is 0 Å². The standard InChI is InChI=1S/C17H34N4O2/c1-3-20-8-10-21(11-9-20)13-14(2)12-18-17(23)19-15-6-4-5-7-16(15)22/h14-16,22H,3-13H2,1-2H3,(H2,18,19,23). The maximum absolute atomic E-state index is 12.0. The average Bonchev–Trinajstić information content (AvgIpc) is 2.56. The number of hydrogen-bond donors (Lipinski definition) is 3. The number of piperazine rings is 1. The predicted molar refractivity (Wildman–Crippen MR) is 92.5 cm³/mol. The van der Waals surface area contributed by atoms with Crippen LogP contribution in [-0.2, 0) is 0 Å². The molecule has 0 aromatic rings. The first-order chi connectivity index (χ1) is 11.1. The maximum Gasteiger partial charge on any atom is 0.315 e. The summed E-state index contributed by atoms with van der Waals surface area (Å²) in [6.45, 7) is 11.8. The Labute approximate surface area is 140 Å². The summed E-state index contributed by atoms with van der Waals surface area (Å²) in [6, 6.07) is -0.222. The molecule has 23 heavy (non-hydrogen) atoms. The number of hydrogen-bond acceptors (Lipinski definition) is 4. The summed E-state index contributed by atoms with van der Waals surface area (Å²) in [4.78, 5) is 16.9. The van der Waals surface area contributed by atoms with Gasteiger partial charge in [0.05, 0.1) is 12.1 Å². The first kappa shape index (κ1) is 18.5. The lowest BCUT2D eigenvalue weighted by atomic mass is 9.93. The van der Waals surface area contributed by atoms with Crippen LogP contribution in [0.3, 0.4) is 0 Å². The van der Waals surface area contributed by atoms with Crippen LogP contribution in [-0.4, -0.2) is 78.9 Å². The molecule has 3 atom stereocenters. The molecule has 0 spiro atoms. The van der Waals surface area contributed by atoms with Crippen molar-refractivity contribution in [3.63, 3.8) is 0 Å². The van der Waals surface area contributed by atoms with Gasteiger partial charge in [0.1, 0.15) is 0 Å². The third-order valence-corrected chi connectivity index (χ3v) is 5.14. The highest BCUT2D eigenvalue weighted by Crippen LogP contribution is 2.18. The lowest BCUT2D eigenvalue weighted by Crippen LogP contribution is -2.51. The Balaban J connectivity index is 1.60. The van der Waals surface area contributed by atoms with E-state index in [4.69, 9.17) is 0 Å². The Bertz CT molecular complexity index is 359. The van der Waals surface area contributed by atoms with Gasteiger partial charge < -0.3 is 25.5 Å². The highest BCUT2D eigenvalue weighted by atomic mass is 16.3. The van der Waals surface area contributed by atoms with Crippen molar-refractivity contribution in [2.45, 2.75) is 51.7 Å². The second-order valence-electron chi connectivity index (χ2n) is 7.15. The van der Waals surface area contributed by atoms with Gasteiger partial charge in [-0.1, -0.05) is 26.7 Å². The topological polar surface area (TPSA) is 67.8 Å². The number of likely N-dealkylation sites (N-methyl/N-ethyl adjacent to an activating group) is 1. The van der Waals surface area contributed by atoms with E-state index in [2.05, 4.69) is 34.3 Å². The van der Waals surface area contributed by atoms with Gasteiger partial charge in [0.15, 0.2) is 0 Å². The smallest absolute Gasteiger partial charge is 0.315 e. The molecular formula is C17H34N4O2. The van der Waals surface area contributed by atoms with Crippen LogP contribution in [0.2, 0.25) is 0 Å². The van der Waals surface area contributed by atoms with Crippen molar-refractivity contribution in [3.05, 3.63) is 0 Å². The van der Waals surface area contributed by atoms with E-state index in [9.17, 15) is 9.90 Å². The molecule has 6 nitrogen and oxygen atoms in total. The summed E-state index contributed by atoms with van der Waals surface area (Å²) in [5, 5.41) is 15.8. The van der Waals surface area contributed by atoms with Crippen LogP contribution in [0, 0.1) is 5.92 Å². The Hall–Kier alpha value is -0.850. The largest absolute Gasteiger partial charge is 0.391 e. The van der Waals surface area contributed by atoms with Gasteiger partial charge in [0, 0.05) is 39.3 Å². The Morgan fingerprint density at radius 2 is 1.83 bits per heavy atom. The van der Waals surface area contributed by atoms with E-state index in [1.54, 1.807) is 0 Å². The molecule has 0 aromatic heterocycles. The fourth-order valence-electron chi connectivity index (χ4n) is 3.56. The number of nitrogens with one attached hydrogen (secondary N) is 2. The Morgan fingerprint density at radius 1 is 1.17 bits per heavy atom. The van der Waals surface area contributed by atoms with E-state index < -0.39 is 0 Å². The molecule has 6 heteroatoms. The molecule has 134 valence electrons. The molecule has 2 amide bonds. The minimum absolute atomic E-state index is 0.0822. The number of nitrogens with zero attached hydrogens (tertiary/aromatic N) is 2. The number of aliphatic hydroxyl groups excluding tert-OH is 1. The Kier molecular flexibility index (Phi) is 7.59. The highest BCUT2D eigenvalue weighted by Gasteiger charge is 2.24. The minimum Gasteiger partial charge on any atom is -0.391 e. The number of carbonyl (C=O) groups is 1. The number of rotatable bonds is 6. The molecule has 0 radical (unpaired) electrons. The summed E-state index contributed by atoms with van der Waals surface area (Å²) >= 11 is 0. The quantitative estimate of drug-likeness (QED) is 0.677. The van der Waals surface area contributed by atoms with Crippen LogP contribution in [0.25, 0.3) is 0 Å². The van der Waals surface area contributed by atoms with E-state index in [1.165, 1.54) is 0 Å². The fraction of sp³-hybridized carbons (Fsp3) is 0.941. The third-order valence-electron chi connectivity index (χ3n) is 5.14. The van der Waals surface area contributed by atoms with Crippen LogP contribution < -0.4 is 10.6 Å². The summed E-state index contributed by atoms with van der Waals surface area (Å²) in [6.07, 6.45) is 3.43. The summed E-state index contributed by atoms with van der Waals surface area (Å²) < 4.78 is 0. The molecule has 2 rings (SSSR count). The molecule has 1 saturated carbocycles. The maximum atomic E-state index is 12.0. The lowest BCUT2D eigenvalue weighted by Gasteiger charge is -2.35. The molecule has 2 fully saturated rings. The number of amides is 2. The first-order valence-electron chi connectivity index (χ1n) is 9.25. The van der Waals surface area contributed by atoms with Crippen molar-refractivity contribution in [2.24, 2.45) is 5.92 Å². The molecule has 3 unspecified atom stereocenters. The van der Waals surface area contributed by atoms with Crippen LogP contribution in [0.5, 0.6) is 0 Å². The first-order valence-corrected chi connectivity index (χ1v) is 9.25. The second kappa shape index (κ2) is 9.45. The van der Waals surface area contributed by atoms with Crippen LogP contribution in [0.4, 0.5) is 4.79 Å². The third kappa shape index (κ3) is 6.28. The zero-order valence-electron chi connectivity index (χ0n) is 14.8. The SMILES string of the molecule is CCN1CCN(CC(C)CNC(=O)NC2CCCCC2O)CC1. The van der Waals surface area contributed by atoms with E-state index >= 15 is 0 Å². The average molecular weight is 326 g/mol. The van der Waals surface area contributed by atoms with E-state index in [-0.39, 0.29) is 18.2 Å². The van der Waals surface area contributed by atoms with Crippen LogP contribution in [0.1, 0.15) is 39.5 Å². The monoisotopic (exact) mass is 326 g/mol. The minimum atomic E-state index is -0.387. The van der Waals surface area contributed by atoms with E-state index in [1.807, 2.05) is 0 Å². The van der Waals surface area contributed by atoms with Crippen LogP contribution in [0.15, 0.2) is 0 Å². The number of urea groups is 1. The molecule has 0 aromatic carbocycles. The normalized spacial score (nSPS) is 28.3. The summed E-state index contributed by atoms with van der Waals surface area (Å²) in [5.41, 5.74) is 0. The van der Waals surface area contributed by atoms with Gasteiger partial charge in [-0.05, 0) is 25.3 Å². The second-order valence-corrected chi connectivity index (χ2v) is 7.15. The summed E-state index contributed by atoms with van der Waals surface area (Å²) in [5.74, 6) is 0.435. The molecule has 1 aliphatic carbocycles. The van der Waals surface area contributed by atoms with Crippen molar-refractivity contribution in [2.75, 3.05) is 45.8 Å². The van der Waals surface area contributed by atoms with Gasteiger partial charge in [-0.15, -0.1) is 0 Å². The van der Waals surface area contributed by atoms with Gasteiger partial charge in [0.25, 0.3) is 0 Å². The van der Waals surface area contributed by atoms with Gasteiger partial charge >= 0.3 is 6.03 Å². The molecule has 3 N–H and O–H groups in total. The molecule has 2 aliphatic rings. The fourth-order valence-corrected chi connectivity index (χ4v) is 3.56. The molecule has 0 bridgehead atoms. The van der Waals surface area contributed by atoms with Crippen molar-refractivity contribution in [1.82, 2.24) is 20.4 Å². The molecule has 1 heterocycles. The van der Waals surface area contributed by atoms with Gasteiger partial charge in [0.2, 0.25) is 0 Å². The van der Waals surface area contributed by atoms with Crippen molar-refractivity contribution >= 4 is 6.03 Å². The van der Waals surface area contributed by atoms with Crippen molar-refractivity contribution < 1.29 is 9.90 Å². The van der Waals surface area contributed by atoms with Crippen molar-refractivity contribution in [1.29, 1.82) is 0 Å². The van der Waals surface area contributed by atoms with Crippen LogP contribution >= 0.6 is 0 Å². The van der Waals surface area contributed by atoms with Gasteiger partial charge in [-0.25, -0.2) is 4.79 Å². The highest BCUT2D eigenvalue weighted by molar-refractivity contribution is 5.74. The summed E-state index contributed by atoms with van der Waals surface area (Å²) in [7, 11) is 0. The predicted octanol–water partition coefficient (Wildman–Crippen LogP) is 0.863. The van der Waals surface area contributed by atoms with Crippen molar-refractivity contribution in [3.8, 4) is 0 Å². The number of carbonyl (C=O) groups excluding carboxylic acids is 1. The lowest BCUT2D eigenvalue weighted by molar-refractivity contribution is 0.0940. The molecule has 1 aliphatic heterocycles. The number of aliphatic hydroxyl groups is 1. The van der Waals surface area contributed by atoms with E-state index in [0.717, 1.165) is 65.0 Å².